The Kier molecular flexibility index (Phi) is 1.53. The van der Waals surface area contributed by atoms with Crippen molar-refractivity contribution in [2.75, 3.05) is 5.32 Å². The molecule has 0 spiro atoms. The fourth-order valence-corrected chi connectivity index (χ4v) is 0.574. The second kappa shape index (κ2) is 2.35. The van der Waals surface area contributed by atoms with Gasteiger partial charge in [0, 0.05) is 5.56 Å². The van der Waals surface area contributed by atoms with Crippen molar-refractivity contribution in [2.45, 2.75) is 6.92 Å². The maximum atomic E-state index is 9.85. The van der Waals surface area contributed by atoms with Crippen LogP contribution in [0.1, 0.15) is 5.56 Å². The summed E-state index contributed by atoms with van der Waals surface area (Å²) in [5.41, 5.74) is 0.933. The van der Waals surface area contributed by atoms with Crippen LogP contribution >= 0.6 is 0 Å². The molecule has 0 radical (unpaired) electrons. The van der Waals surface area contributed by atoms with Gasteiger partial charge < -0.3 is 4.42 Å². The number of carbonyl (C=O) groups excluding carboxylic acids is 1. The van der Waals surface area contributed by atoms with Gasteiger partial charge in [0.15, 0.2) is 0 Å². The van der Waals surface area contributed by atoms with Gasteiger partial charge in [-0.3, -0.25) is 10.1 Å². The zero-order valence-electron chi connectivity index (χ0n) is 5.05. The number of nitrogens with one attached hydrogen (secondary N) is 1. The van der Waals surface area contributed by atoms with E-state index in [0.717, 1.165) is 5.56 Å². The Morgan fingerprint density at radius 1 is 1.78 bits per heavy atom. The molecule has 0 fully saturated rings. The van der Waals surface area contributed by atoms with Gasteiger partial charge in [-0.1, -0.05) is 0 Å². The second-order valence-corrected chi connectivity index (χ2v) is 1.69. The van der Waals surface area contributed by atoms with Gasteiger partial charge in [-0.2, -0.15) is 0 Å². The predicted molar refractivity (Wildman–Crippen MR) is 33.1 cm³/mol. The molecule has 3 heteroatoms. The van der Waals surface area contributed by atoms with E-state index in [4.69, 9.17) is 4.42 Å². The first-order chi connectivity index (χ1) is 4.34. The highest BCUT2D eigenvalue weighted by molar-refractivity contribution is 5.69. The third-order valence-electron chi connectivity index (χ3n) is 1.05. The Bertz CT molecular complexity index is 205. The van der Waals surface area contributed by atoms with Crippen molar-refractivity contribution >= 4 is 12.3 Å². The van der Waals surface area contributed by atoms with E-state index < -0.39 is 0 Å². The maximum Gasteiger partial charge on any atom is 0.213 e. The van der Waals surface area contributed by atoms with E-state index in [2.05, 4.69) is 5.32 Å². The highest BCUT2D eigenvalue weighted by Crippen LogP contribution is 2.12. The van der Waals surface area contributed by atoms with Crippen LogP contribution in [0.3, 0.4) is 0 Å². The molecule has 0 aliphatic heterocycles. The fourth-order valence-electron chi connectivity index (χ4n) is 0.574. The van der Waals surface area contributed by atoms with Crippen LogP contribution in [-0.2, 0) is 4.79 Å². The minimum atomic E-state index is 0.519. The molecule has 1 aromatic rings. The molecule has 3 nitrogen and oxygen atoms in total. The fraction of sp³-hybridized carbons (Fsp3) is 0.167. The Hall–Kier alpha value is -1.25. The summed E-state index contributed by atoms with van der Waals surface area (Å²) >= 11 is 0. The van der Waals surface area contributed by atoms with Gasteiger partial charge in [-0.05, 0) is 13.0 Å². The van der Waals surface area contributed by atoms with Crippen LogP contribution in [0.25, 0.3) is 0 Å². The average molecular weight is 125 g/mol. The van der Waals surface area contributed by atoms with Crippen molar-refractivity contribution in [1.82, 2.24) is 0 Å². The molecular formula is C6H7NO2. The van der Waals surface area contributed by atoms with Crippen molar-refractivity contribution in [2.24, 2.45) is 0 Å². The molecule has 0 aliphatic rings. The van der Waals surface area contributed by atoms with Crippen LogP contribution < -0.4 is 5.32 Å². The van der Waals surface area contributed by atoms with Crippen molar-refractivity contribution in [3.8, 4) is 0 Å². The Morgan fingerprint density at radius 3 is 3.00 bits per heavy atom. The standard InChI is InChI=1S/C6H7NO2/c1-5-2-3-9-6(5)7-4-8/h2-4H,1H3,(H,7,8). The zero-order valence-corrected chi connectivity index (χ0v) is 5.05. The first-order valence-corrected chi connectivity index (χ1v) is 2.59. The monoisotopic (exact) mass is 125 g/mol. The molecule has 1 heterocycles. The molecule has 1 N–H and O–H groups in total. The molecule has 1 aromatic heterocycles. The van der Waals surface area contributed by atoms with E-state index in [0.29, 0.717) is 12.3 Å². The number of anilines is 1. The molecule has 1 rings (SSSR count). The summed E-state index contributed by atoms with van der Waals surface area (Å²) in [6.07, 6.45) is 2.12. The Balaban J connectivity index is 2.80. The quantitative estimate of drug-likeness (QED) is 0.602. The normalized spacial score (nSPS) is 9.00. The summed E-state index contributed by atoms with van der Waals surface area (Å²) in [5.74, 6) is 0.519. The van der Waals surface area contributed by atoms with Crippen molar-refractivity contribution in [3.05, 3.63) is 17.9 Å². The Labute approximate surface area is 52.7 Å². The Morgan fingerprint density at radius 2 is 2.56 bits per heavy atom. The molecule has 0 atom stereocenters. The van der Waals surface area contributed by atoms with E-state index in [9.17, 15) is 4.79 Å². The van der Waals surface area contributed by atoms with E-state index in [1.165, 1.54) is 6.26 Å². The number of carbonyl (C=O) groups is 1. The molecule has 0 bridgehead atoms. The first-order valence-electron chi connectivity index (χ1n) is 2.59. The smallest absolute Gasteiger partial charge is 0.213 e. The predicted octanol–water partition coefficient (Wildman–Crippen LogP) is 1.16. The summed E-state index contributed by atoms with van der Waals surface area (Å²) in [6.45, 7) is 1.86. The van der Waals surface area contributed by atoms with Gasteiger partial charge in [0.25, 0.3) is 0 Å². The van der Waals surface area contributed by atoms with Crippen molar-refractivity contribution in [1.29, 1.82) is 0 Å². The topological polar surface area (TPSA) is 42.2 Å². The van der Waals surface area contributed by atoms with Gasteiger partial charge in [-0.15, -0.1) is 0 Å². The molecule has 0 unspecified atom stereocenters. The van der Waals surface area contributed by atoms with E-state index in [1.54, 1.807) is 6.07 Å². The lowest BCUT2D eigenvalue weighted by molar-refractivity contribution is -0.105. The number of furan rings is 1. The molecule has 9 heavy (non-hydrogen) atoms. The number of hydrogen-bond donors (Lipinski definition) is 1. The third-order valence-corrected chi connectivity index (χ3v) is 1.05. The highest BCUT2D eigenvalue weighted by atomic mass is 16.3. The number of hydrogen-bond acceptors (Lipinski definition) is 2. The first kappa shape index (κ1) is 5.88. The van der Waals surface area contributed by atoms with Gasteiger partial charge in [0.05, 0.1) is 6.26 Å². The van der Waals surface area contributed by atoms with Crippen LogP contribution in [0.2, 0.25) is 0 Å². The summed E-state index contributed by atoms with van der Waals surface area (Å²) < 4.78 is 4.86. The SMILES string of the molecule is Cc1ccoc1NC=O. The molecule has 48 valence electrons. The van der Waals surface area contributed by atoms with Gasteiger partial charge in [0.1, 0.15) is 0 Å². The molecule has 0 aliphatic carbocycles. The lowest BCUT2D eigenvalue weighted by Crippen LogP contribution is -1.92. The summed E-state index contributed by atoms with van der Waals surface area (Å²) in [7, 11) is 0. The van der Waals surface area contributed by atoms with E-state index in [1.807, 2.05) is 6.92 Å². The summed E-state index contributed by atoms with van der Waals surface area (Å²) in [4.78, 5) is 9.85. The largest absolute Gasteiger partial charge is 0.448 e. The average Bonchev–Trinajstić information content (AvgIpc) is 2.18. The number of aryl methyl sites for hydroxylation is 1. The van der Waals surface area contributed by atoms with Gasteiger partial charge in [0.2, 0.25) is 12.3 Å². The molecule has 0 saturated carbocycles. The third kappa shape index (κ3) is 1.10. The molecule has 1 amide bonds. The van der Waals surface area contributed by atoms with Crippen LogP contribution in [0.15, 0.2) is 16.7 Å². The summed E-state index contributed by atoms with van der Waals surface area (Å²) in [6, 6.07) is 1.78. The van der Waals surface area contributed by atoms with Crippen LogP contribution in [0.4, 0.5) is 5.88 Å². The lowest BCUT2D eigenvalue weighted by Gasteiger charge is -1.90. The van der Waals surface area contributed by atoms with Crippen molar-refractivity contribution in [3.63, 3.8) is 0 Å². The summed E-state index contributed by atoms with van der Waals surface area (Å²) in [5, 5.41) is 2.41. The van der Waals surface area contributed by atoms with Gasteiger partial charge in [-0.25, -0.2) is 0 Å². The number of amides is 1. The highest BCUT2D eigenvalue weighted by Gasteiger charge is 1.96. The van der Waals surface area contributed by atoms with Gasteiger partial charge >= 0.3 is 0 Å². The molecule has 0 saturated heterocycles. The van der Waals surface area contributed by atoms with E-state index >= 15 is 0 Å². The minimum Gasteiger partial charge on any atom is -0.448 e. The zero-order chi connectivity index (χ0) is 6.69. The van der Waals surface area contributed by atoms with E-state index in [-0.39, 0.29) is 0 Å². The maximum absolute atomic E-state index is 9.85. The lowest BCUT2D eigenvalue weighted by atomic mass is 10.4. The van der Waals surface area contributed by atoms with Crippen LogP contribution in [-0.4, -0.2) is 6.41 Å². The number of rotatable bonds is 2. The molecular weight excluding hydrogens is 118 g/mol. The minimum absolute atomic E-state index is 0.519. The van der Waals surface area contributed by atoms with Crippen LogP contribution in [0, 0.1) is 6.92 Å². The molecule has 0 aromatic carbocycles. The van der Waals surface area contributed by atoms with Crippen molar-refractivity contribution < 1.29 is 9.21 Å². The second-order valence-electron chi connectivity index (χ2n) is 1.69. The van der Waals surface area contributed by atoms with Crippen LogP contribution in [0.5, 0.6) is 0 Å².